The van der Waals surface area contributed by atoms with Crippen LogP contribution in [-0.4, -0.2) is 37.3 Å². The van der Waals surface area contributed by atoms with Gasteiger partial charge in [0, 0.05) is 30.7 Å². The van der Waals surface area contributed by atoms with Crippen molar-refractivity contribution < 1.29 is 17.6 Å². The van der Waals surface area contributed by atoms with Crippen molar-refractivity contribution in [2.75, 3.05) is 26.2 Å². The predicted octanol–water partition coefficient (Wildman–Crippen LogP) is 3.52. The molecule has 0 radical (unpaired) electrons. The second-order valence-electron chi connectivity index (χ2n) is 4.43. The molecule has 114 valence electrons. The molecule has 0 unspecified atom stereocenters. The van der Waals surface area contributed by atoms with Gasteiger partial charge < -0.3 is 5.32 Å². The maximum Gasteiger partial charge on any atom is 0.408 e. The summed E-state index contributed by atoms with van der Waals surface area (Å²) in [7, 11) is 0. The maximum absolute atomic E-state index is 13.3. The number of rotatable bonds is 2. The summed E-state index contributed by atoms with van der Waals surface area (Å²) in [4.78, 5) is 1.33. The molecule has 1 N–H and O–H groups in total. The van der Waals surface area contributed by atoms with Crippen LogP contribution >= 0.6 is 28.3 Å². The van der Waals surface area contributed by atoms with E-state index in [0.717, 1.165) is 12.1 Å². The summed E-state index contributed by atoms with van der Waals surface area (Å²) in [5.74, 6) is -0.672. The Balaban J connectivity index is 0.00000200. The first-order chi connectivity index (χ1) is 8.88. The van der Waals surface area contributed by atoms with Crippen LogP contribution in [0.3, 0.4) is 0 Å². The number of halogens is 6. The molecule has 0 saturated carbocycles. The van der Waals surface area contributed by atoms with Crippen molar-refractivity contribution >= 4 is 28.3 Å². The zero-order valence-corrected chi connectivity index (χ0v) is 12.8. The van der Waals surface area contributed by atoms with Gasteiger partial charge in [0.05, 0.1) is 0 Å². The largest absolute Gasteiger partial charge is 0.408 e. The van der Waals surface area contributed by atoms with Crippen molar-refractivity contribution in [3.8, 4) is 0 Å². The average molecular weight is 378 g/mol. The van der Waals surface area contributed by atoms with Gasteiger partial charge in [-0.2, -0.15) is 13.2 Å². The third-order valence-corrected chi connectivity index (χ3v) is 3.49. The van der Waals surface area contributed by atoms with E-state index in [1.54, 1.807) is 0 Å². The zero-order chi connectivity index (χ0) is 14.0. The van der Waals surface area contributed by atoms with E-state index in [2.05, 4.69) is 21.2 Å². The summed E-state index contributed by atoms with van der Waals surface area (Å²) in [6.45, 7) is 1.59. The summed E-state index contributed by atoms with van der Waals surface area (Å²) in [6, 6.07) is 1.66. The minimum atomic E-state index is -4.43. The molecule has 2 nitrogen and oxygen atoms in total. The van der Waals surface area contributed by atoms with Gasteiger partial charge in [-0.3, -0.25) is 4.90 Å². The van der Waals surface area contributed by atoms with Gasteiger partial charge >= 0.3 is 6.18 Å². The van der Waals surface area contributed by atoms with Gasteiger partial charge in [-0.15, -0.1) is 12.4 Å². The smallest absolute Gasteiger partial charge is 0.314 e. The third-order valence-electron chi connectivity index (χ3n) is 3.03. The highest BCUT2D eigenvalue weighted by Gasteiger charge is 2.45. The molecule has 1 aliphatic rings. The number of piperazine rings is 1. The van der Waals surface area contributed by atoms with Gasteiger partial charge in [0.1, 0.15) is 11.9 Å². The van der Waals surface area contributed by atoms with Crippen LogP contribution in [0, 0.1) is 5.82 Å². The van der Waals surface area contributed by atoms with Gasteiger partial charge in [-0.05, 0) is 23.8 Å². The lowest BCUT2D eigenvalue weighted by molar-refractivity contribution is -0.187. The first-order valence-corrected chi connectivity index (χ1v) is 6.65. The second-order valence-corrected chi connectivity index (χ2v) is 5.35. The highest BCUT2D eigenvalue weighted by molar-refractivity contribution is 9.10. The number of hydrogen-bond donors (Lipinski definition) is 1. The van der Waals surface area contributed by atoms with Crippen molar-refractivity contribution in [2.24, 2.45) is 0 Å². The Kier molecular flexibility index (Phi) is 6.25. The van der Waals surface area contributed by atoms with Gasteiger partial charge in [0.25, 0.3) is 0 Å². The molecule has 1 aromatic rings. The van der Waals surface area contributed by atoms with Gasteiger partial charge in [-0.25, -0.2) is 4.39 Å². The van der Waals surface area contributed by atoms with Crippen molar-refractivity contribution in [2.45, 2.75) is 12.2 Å². The normalized spacial score (nSPS) is 18.4. The van der Waals surface area contributed by atoms with Gasteiger partial charge in [-0.1, -0.05) is 15.9 Å². The zero-order valence-electron chi connectivity index (χ0n) is 10.4. The first-order valence-electron chi connectivity index (χ1n) is 5.85. The standard InChI is InChI=1S/C12H13BrF4N2.ClH/c13-9-5-8(6-10(14)7-9)11(12(15,16)17)19-3-1-18-2-4-19;/h5-7,11,18H,1-4H2;1H/t11-;/m0./s1. The summed E-state index contributed by atoms with van der Waals surface area (Å²) in [5, 5.41) is 3.00. The first kappa shape index (κ1) is 17.7. The van der Waals surface area contributed by atoms with Crippen LogP contribution in [0.2, 0.25) is 0 Å². The summed E-state index contributed by atoms with van der Waals surface area (Å²) in [5.41, 5.74) is -0.0683. The number of nitrogens with one attached hydrogen (secondary N) is 1. The number of benzene rings is 1. The molecule has 20 heavy (non-hydrogen) atoms. The SMILES string of the molecule is Cl.Fc1cc(Br)cc([C@H](N2CCNCC2)C(F)(F)F)c1. The van der Waals surface area contributed by atoms with Gasteiger partial charge in [0.2, 0.25) is 0 Å². The van der Waals surface area contributed by atoms with E-state index >= 15 is 0 Å². The molecule has 1 aromatic carbocycles. The Hall–Kier alpha value is -0.370. The Morgan fingerprint density at radius 1 is 1.15 bits per heavy atom. The fourth-order valence-electron chi connectivity index (χ4n) is 2.28. The lowest BCUT2D eigenvalue weighted by atomic mass is 10.0. The van der Waals surface area contributed by atoms with E-state index in [1.807, 2.05) is 0 Å². The fraction of sp³-hybridized carbons (Fsp3) is 0.500. The van der Waals surface area contributed by atoms with Crippen molar-refractivity contribution in [3.05, 3.63) is 34.1 Å². The van der Waals surface area contributed by atoms with E-state index in [9.17, 15) is 17.6 Å². The van der Waals surface area contributed by atoms with Gasteiger partial charge in [0.15, 0.2) is 0 Å². The Morgan fingerprint density at radius 3 is 2.25 bits per heavy atom. The van der Waals surface area contributed by atoms with Crippen LogP contribution in [0.5, 0.6) is 0 Å². The fourth-order valence-corrected chi connectivity index (χ4v) is 2.76. The molecular formula is C12H14BrClF4N2. The molecule has 1 fully saturated rings. The van der Waals surface area contributed by atoms with Crippen LogP contribution in [0.25, 0.3) is 0 Å². The molecule has 1 atom stereocenters. The van der Waals surface area contributed by atoms with E-state index in [4.69, 9.17) is 0 Å². The average Bonchev–Trinajstić information content (AvgIpc) is 2.27. The molecule has 0 amide bonds. The Bertz CT molecular complexity index is 429. The van der Waals surface area contributed by atoms with Crippen molar-refractivity contribution in [1.29, 1.82) is 0 Å². The van der Waals surface area contributed by atoms with Crippen molar-refractivity contribution in [3.63, 3.8) is 0 Å². The van der Waals surface area contributed by atoms with Crippen molar-refractivity contribution in [1.82, 2.24) is 10.2 Å². The quantitative estimate of drug-likeness (QED) is 0.794. The lowest BCUT2D eigenvalue weighted by Crippen LogP contribution is -2.49. The molecule has 0 aliphatic carbocycles. The number of nitrogens with zero attached hydrogens (tertiary/aromatic N) is 1. The molecule has 2 rings (SSSR count). The highest BCUT2D eigenvalue weighted by Crippen LogP contribution is 2.38. The van der Waals surface area contributed by atoms with Crippen LogP contribution in [0.15, 0.2) is 22.7 Å². The van der Waals surface area contributed by atoms with Crippen LogP contribution in [0.1, 0.15) is 11.6 Å². The molecule has 1 saturated heterocycles. The lowest BCUT2D eigenvalue weighted by Gasteiger charge is -2.36. The predicted molar refractivity (Wildman–Crippen MR) is 74.6 cm³/mol. The molecule has 0 spiro atoms. The molecule has 1 heterocycles. The number of hydrogen-bond acceptors (Lipinski definition) is 2. The molecule has 8 heteroatoms. The molecule has 1 aliphatic heterocycles. The van der Waals surface area contributed by atoms with E-state index in [1.165, 1.54) is 11.0 Å². The highest BCUT2D eigenvalue weighted by atomic mass is 79.9. The van der Waals surface area contributed by atoms with E-state index in [0.29, 0.717) is 17.6 Å². The Labute approximate surface area is 129 Å². The third kappa shape index (κ3) is 4.31. The Morgan fingerprint density at radius 2 is 1.75 bits per heavy atom. The number of alkyl halides is 3. The summed E-state index contributed by atoms with van der Waals surface area (Å²) in [6.07, 6.45) is -4.43. The minimum Gasteiger partial charge on any atom is -0.314 e. The van der Waals surface area contributed by atoms with Crippen LogP contribution < -0.4 is 5.32 Å². The van der Waals surface area contributed by atoms with E-state index in [-0.39, 0.29) is 31.1 Å². The van der Waals surface area contributed by atoms with Crippen LogP contribution in [0.4, 0.5) is 17.6 Å². The topological polar surface area (TPSA) is 15.3 Å². The molecular weight excluding hydrogens is 363 g/mol. The molecule has 0 aromatic heterocycles. The molecule has 0 bridgehead atoms. The summed E-state index contributed by atoms with van der Waals surface area (Å²) >= 11 is 3.03. The summed E-state index contributed by atoms with van der Waals surface area (Å²) < 4.78 is 53.4. The maximum atomic E-state index is 13.3. The van der Waals surface area contributed by atoms with Crippen LogP contribution in [-0.2, 0) is 0 Å². The monoisotopic (exact) mass is 376 g/mol. The minimum absolute atomic E-state index is 0. The second kappa shape index (κ2) is 7.06. The van der Waals surface area contributed by atoms with E-state index < -0.39 is 18.0 Å².